The maximum Gasteiger partial charge on any atom is 0.255 e. The largest absolute Gasteiger partial charge is 0.486 e. The van der Waals surface area contributed by atoms with E-state index in [0.29, 0.717) is 24.7 Å². The van der Waals surface area contributed by atoms with Crippen molar-refractivity contribution in [3.8, 4) is 11.5 Å². The number of amides is 1. The van der Waals surface area contributed by atoms with Crippen molar-refractivity contribution in [2.45, 2.75) is 0 Å². The van der Waals surface area contributed by atoms with Crippen molar-refractivity contribution in [2.75, 3.05) is 18.5 Å². The number of halogens is 3. The molecule has 0 bridgehead atoms. The Labute approximate surface area is 129 Å². The van der Waals surface area contributed by atoms with Crippen LogP contribution in [0.3, 0.4) is 0 Å². The van der Waals surface area contributed by atoms with Crippen LogP contribution in [0.4, 0.5) is 14.5 Å². The summed E-state index contributed by atoms with van der Waals surface area (Å²) in [4.78, 5) is 12.2. The standard InChI is InChI=1S/C15H10ClF2NO3/c16-10-5-8(6-13-14(10)22-4-3-21-13)15(20)19-9-1-2-11(17)12(18)7-9/h1-2,5-7H,3-4H2,(H,19,20). The van der Waals surface area contributed by atoms with E-state index in [1.54, 1.807) is 0 Å². The Morgan fingerprint density at radius 1 is 1.09 bits per heavy atom. The highest BCUT2D eigenvalue weighted by Gasteiger charge is 2.19. The molecule has 22 heavy (non-hydrogen) atoms. The van der Waals surface area contributed by atoms with E-state index in [9.17, 15) is 13.6 Å². The summed E-state index contributed by atoms with van der Waals surface area (Å²) in [5.74, 6) is -1.80. The van der Waals surface area contributed by atoms with Crippen LogP contribution in [-0.2, 0) is 0 Å². The molecule has 0 unspecified atom stereocenters. The quantitative estimate of drug-likeness (QED) is 0.917. The fourth-order valence-electron chi connectivity index (χ4n) is 2.02. The average Bonchev–Trinajstić information content (AvgIpc) is 2.51. The van der Waals surface area contributed by atoms with Crippen LogP contribution in [0.15, 0.2) is 30.3 Å². The molecule has 1 heterocycles. The third kappa shape index (κ3) is 2.82. The molecule has 114 valence electrons. The van der Waals surface area contributed by atoms with E-state index in [0.717, 1.165) is 12.1 Å². The highest BCUT2D eigenvalue weighted by atomic mass is 35.5. The molecule has 2 aromatic rings. The zero-order valence-electron chi connectivity index (χ0n) is 11.2. The predicted molar refractivity (Wildman–Crippen MR) is 76.8 cm³/mol. The summed E-state index contributed by atoms with van der Waals surface area (Å²) in [6.07, 6.45) is 0. The molecule has 7 heteroatoms. The molecule has 3 rings (SSSR count). The molecular formula is C15H10ClF2NO3. The van der Waals surface area contributed by atoms with Crippen LogP contribution in [-0.4, -0.2) is 19.1 Å². The summed E-state index contributed by atoms with van der Waals surface area (Å²) in [5, 5.41) is 2.70. The van der Waals surface area contributed by atoms with E-state index in [-0.39, 0.29) is 16.3 Å². The van der Waals surface area contributed by atoms with Gasteiger partial charge in [-0.2, -0.15) is 0 Å². The van der Waals surface area contributed by atoms with Crippen LogP contribution < -0.4 is 14.8 Å². The smallest absolute Gasteiger partial charge is 0.255 e. The number of carbonyl (C=O) groups excluding carboxylic acids is 1. The zero-order valence-corrected chi connectivity index (χ0v) is 11.9. The summed E-state index contributed by atoms with van der Waals surface area (Å²) < 4.78 is 36.7. The van der Waals surface area contributed by atoms with Gasteiger partial charge in [0.05, 0.1) is 5.02 Å². The normalized spacial score (nSPS) is 12.9. The highest BCUT2D eigenvalue weighted by Crippen LogP contribution is 2.38. The first-order valence-corrected chi connectivity index (χ1v) is 6.78. The molecule has 0 spiro atoms. The van der Waals surface area contributed by atoms with Gasteiger partial charge in [-0.25, -0.2) is 8.78 Å². The molecule has 0 aromatic heterocycles. The Kier molecular flexibility index (Phi) is 3.85. The number of fused-ring (bicyclic) bond motifs is 1. The van der Waals surface area contributed by atoms with Crippen molar-refractivity contribution in [3.63, 3.8) is 0 Å². The number of anilines is 1. The second kappa shape index (κ2) is 5.81. The van der Waals surface area contributed by atoms with E-state index in [4.69, 9.17) is 21.1 Å². The number of benzene rings is 2. The molecule has 1 N–H and O–H groups in total. The van der Waals surface area contributed by atoms with E-state index in [1.165, 1.54) is 18.2 Å². The second-order valence-electron chi connectivity index (χ2n) is 4.57. The molecule has 1 amide bonds. The molecule has 0 saturated heterocycles. The Hall–Kier alpha value is -2.34. The Morgan fingerprint density at radius 2 is 1.86 bits per heavy atom. The van der Waals surface area contributed by atoms with Crippen LogP contribution in [0.2, 0.25) is 5.02 Å². The van der Waals surface area contributed by atoms with Crippen molar-refractivity contribution >= 4 is 23.2 Å². The van der Waals surface area contributed by atoms with Gasteiger partial charge in [-0.3, -0.25) is 4.79 Å². The number of hydrogen-bond donors (Lipinski definition) is 1. The van der Waals surface area contributed by atoms with Crippen LogP contribution in [0.1, 0.15) is 10.4 Å². The minimum atomic E-state index is -1.04. The number of carbonyl (C=O) groups is 1. The molecule has 4 nitrogen and oxygen atoms in total. The minimum Gasteiger partial charge on any atom is -0.486 e. The highest BCUT2D eigenvalue weighted by molar-refractivity contribution is 6.32. The van der Waals surface area contributed by atoms with Crippen molar-refractivity contribution in [2.24, 2.45) is 0 Å². The van der Waals surface area contributed by atoms with Gasteiger partial charge in [0.2, 0.25) is 0 Å². The van der Waals surface area contributed by atoms with Gasteiger partial charge in [-0.05, 0) is 24.3 Å². The van der Waals surface area contributed by atoms with Gasteiger partial charge in [-0.1, -0.05) is 11.6 Å². The van der Waals surface area contributed by atoms with Gasteiger partial charge in [0.1, 0.15) is 13.2 Å². The minimum absolute atomic E-state index is 0.134. The van der Waals surface area contributed by atoms with Crippen LogP contribution >= 0.6 is 11.6 Å². The Morgan fingerprint density at radius 3 is 2.64 bits per heavy atom. The van der Waals surface area contributed by atoms with Gasteiger partial charge in [0.25, 0.3) is 5.91 Å². The Bertz CT molecular complexity index is 752. The number of ether oxygens (including phenoxy) is 2. The Balaban J connectivity index is 1.85. The third-order valence-electron chi connectivity index (χ3n) is 3.04. The first-order valence-electron chi connectivity index (χ1n) is 6.40. The summed E-state index contributed by atoms with van der Waals surface area (Å²) >= 11 is 6.05. The summed E-state index contributed by atoms with van der Waals surface area (Å²) in [6.45, 7) is 0.741. The maximum absolute atomic E-state index is 13.1. The number of rotatable bonds is 2. The second-order valence-corrected chi connectivity index (χ2v) is 4.97. The van der Waals surface area contributed by atoms with Gasteiger partial charge in [-0.15, -0.1) is 0 Å². The third-order valence-corrected chi connectivity index (χ3v) is 3.32. The average molecular weight is 326 g/mol. The molecule has 1 aliphatic rings. The molecule has 0 aliphatic carbocycles. The lowest BCUT2D eigenvalue weighted by molar-refractivity contribution is 0.102. The van der Waals surface area contributed by atoms with Crippen LogP contribution in [0.25, 0.3) is 0 Å². The molecule has 2 aromatic carbocycles. The van der Waals surface area contributed by atoms with Crippen molar-refractivity contribution in [3.05, 3.63) is 52.6 Å². The molecule has 1 aliphatic heterocycles. The van der Waals surface area contributed by atoms with Crippen LogP contribution in [0.5, 0.6) is 11.5 Å². The van der Waals surface area contributed by atoms with E-state index in [2.05, 4.69) is 5.32 Å². The lowest BCUT2D eigenvalue weighted by atomic mass is 10.1. The molecular weight excluding hydrogens is 316 g/mol. The first kappa shape index (κ1) is 14.6. The number of hydrogen-bond acceptors (Lipinski definition) is 3. The molecule has 0 saturated carbocycles. The predicted octanol–water partition coefficient (Wildman–Crippen LogP) is 3.64. The molecule has 0 radical (unpaired) electrons. The SMILES string of the molecule is O=C(Nc1ccc(F)c(F)c1)c1cc(Cl)c2c(c1)OCCO2. The lowest BCUT2D eigenvalue weighted by Gasteiger charge is -2.20. The molecule has 0 atom stereocenters. The molecule has 0 fully saturated rings. The summed E-state index contributed by atoms with van der Waals surface area (Å²) in [6, 6.07) is 5.99. The van der Waals surface area contributed by atoms with Crippen LogP contribution in [0, 0.1) is 11.6 Å². The topological polar surface area (TPSA) is 47.6 Å². The van der Waals surface area contributed by atoms with Gasteiger partial charge >= 0.3 is 0 Å². The fourth-order valence-corrected chi connectivity index (χ4v) is 2.28. The van der Waals surface area contributed by atoms with Gasteiger partial charge in [0.15, 0.2) is 23.1 Å². The zero-order chi connectivity index (χ0) is 15.7. The van der Waals surface area contributed by atoms with E-state index in [1.807, 2.05) is 0 Å². The fraction of sp³-hybridized carbons (Fsp3) is 0.133. The van der Waals surface area contributed by atoms with Crippen molar-refractivity contribution < 1.29 is 23.0 Å². The summed E-state index contributed by atoms with van der Waals surface area (Å²) in [7, 11) is 0. The maximum atomic E-state index is 13.1. The van der Waals surface area contributed by atoms with Crippen molar-refractivity contribution in [1.82, 2.24) is 0 Å². The number of nitrogens with one attached hydrogen (secondary N) is 1. The first-order chi connectivity index (χ1) is 10.5. The van der Waals surface area contributed by atoms with Gasteiger partial charge in [0, 0.05) is 17.3 Å². The van der Waals surface area contributed by atoms with Crippen molar-refractivity contribution in [1.29, 1.82) is 0 Å². The van der Waals surface area contributed by atoms with E-state index < -0.39 is 17.5 Å². The van der Waals surface area contributed by atoms with E-state index >= 15 is 0 Å². The van der Waals surface area contributed by atoms with Gasteiger partial charge < -0.3 is 14.8 Å². The summed E-state index contributed by atoms with van der Waals surface area (Å²) in [5.41, 5.74) is 0.355. The lowest BCUT2D eigenvalue weighted by Crippen LogP contribution is -2.17. The monoisotopic (exact) mass is 325 g/mol.